The molecular formula is C13H10FN3O. The van der Waals surface area contributed by atoms with Crippen LogP contribution in [0.3, 0.4) is 0 Å². The van der Waals surface area contributed by atoms with Gasteiger partial charge in [0.1, 0.15) is 6.61 Å². The summed E-state index contributed by atoms with van der Waals surface area (Å²) in [5.41, 5.74) is 9.42. The molecule has 0 saturated carbocycles. The zero-order chi connectivity index (χ0) is 12.8. The Morgan fingerprint density at radius 1 is 1.17 bits per heavy atom. The van der Waals surface area contributed by atoms with Crippen LogP contribution in [0.1, 0.15) is 5.56 Å². The highest BCUT2D eigenvalue weighted by Gasteiger charge is 2.04. The van der Waals surface area contributed by atoms with Gasteiger partial charge in [0, 0.05) is 10.6 Å². The summed E-state index contributed by atoms with van der Waals surface area (Å²) in [6.45, 7) is 0.290. The van der Waals surface area contributed by atoms with Gasteiger partial charge < -0.3 is 4.74 Å². The Bertz CT molecular complexity index is 580. The molecule has 18 heavy (non-hydrogen) atoms. The van der Waals surface area contributed by atoms with E-state index in [-0.39, 0.29) is 11.4 Å². The van der Waals surface area contributed by atoms with Gasteiger partial charge in [0.15, 0.2) is 11.6 Å². The van der Waals surface area contributed by atoms with Crippen molar-refractivity contribution >= 4 is 5.69 Å². The Morgan fingerprint density at radius 2 is 1.94 bits per heavy atom. The van der Waals surface area contributed by atoms with Gasteiger partial charge in [0.2, 0.25) is 0 Å². The Hall–Kier alpha value is -2.52. The Kier molecular flexibility index (Phi) is 3.79. The van der Waals surface area contributed by atoms with E-state index in [0.29, 0.717) is 6.61 Å². The van der Waals surface area contributed by atoms with Crippen molar-refractivity contribution in [2.24, 2.45) is 5.11 Å². The molecule has 90 valence electrons. The van der Waals surface area contributed by atoms with E-state index >= 15 is 0 Å². The highest BCUT2D eigenvalue weighted by molar-refractivity contribution is 5.42. The smallest absolute Gasteiger partial charge is 0.165 e. The lowest BCUT2D eigenvalue weighted by Gasteiger charge is -2.07. The first-order valence-corrected chi connectivity index (χ1v) is 5.31. The number of hydrogen-bond donors (Lipinski definition) is 0. The lowest BCUT2D eigenvalue weighted by molar-refractivity contribution is 0.290. The van der Waals surface area contributed by atoms with Crippen molar-refractivity contribution < 1.29 is 9.13 Å². The molecule has 0 radical (unpaired) electrons. The molecule has 0 aliphatic heterocycles. The van der Waals surface area contributed by atoms with Crippen LogP contribution in [0.4, 0.5) is 10.1 Å². The molecule has 0 fully saturated rings. The molecule has 0 unspecified atom stereocenters. The number of rotatable bonds is 4. The number of benzene rings is 2. The second-order valence-corrected chi connectivity index (χ2v) is 3.58. The minimum Gasteiger partial charge on any atom is -0.486 e. The van der Waals surface area contributed by atoms with Gasteiger partial charge in [-0.1, -0.05) is 35.4 Å². The minimum absolute atomic E-state index is 0.135. The van der Waals surface area contributed by atoms with Gasteiger partial charge in [0.25, 0.3) is 0 Å². The van der Waals surface area contributed by atoms with Crippen molar-refractivity contribution in [3.8, 4) is 5.75 Å². The van der Waals surface area contributed by atoms with Crippen molar-refractivity contribution in [2.75, 3.05) is 0 Å². The summed E-state index contributed by atoms with van der Waals surface area (Å²) in [6, 6.07) is 13.6. The monoisotopic (exact) mass is 243 g/mol. The van der Waals surface area contributed by atoms with E-state index in [4.69, 9.17) is 10.3 Å². The van der Waals surface area contributed by atoms with Crippen LogP contribution in [-0.4, -0.2) is 0 Å². The Labute approximate surface area is 103 Å². The first-order valence-electron chi connectivity index (χ1n) is 5.31. The Balaban J connectivity index is 2.08. The zero-order valence-corrected chi connectivity index (χ0v) is 9.45. The van der Waals surface area contributed by atoms with Crippen LogP contribution in [-0.2, 0) is 6.61 Å². The van der Waals surface area contributed by atoms with Crippen molar-refractivity contribution in [1.29, 1.82) is 0 Å². The summed E-state index contributed by atoms with van der Waals surface area (Å²) in [4.78, 5) is 2.59. The predicted octanol–water partition coefficient (Wildman–Crippen LogP) is 4.35. The normalized spacial score (nSPS) is 9.61. The molecule has 2 rings (SSSR count). The fourth-order valence-corrected chi connectivity index (χ4v) is 1.46. The van der Waals surface area contributed by atoms with E-state index in [0.717, 1.165) is 11.6 Å². The highest BCUT2D eigenvalue weighted by atomic mass is 19.1. The van der Waals surface area contributed by atoms with Crippen LogP contribution in [0.5, 0.6) is 5.75 Å². The summed E-state index contributed by atoms with van der Waals surface area (Å²) < 4.78 is 18.9. The molecule has 0 N–H and O–H groups in total. The van der Waals surface area contributed by atoms with Crippen molar-refractivity contribution in [1.82, 2.24) is 0 Å². The minimum atomic E-state index is -0.546. The molecule has 0 atom stereocenters. The predicted molar refractivity (Wildman–Crippen MR) is 66.0 cm³/mol. The fourth-order valence-electron chi connectivity index (χ4n) is 1.46. The van der Waals surface area contributed by atoms with Crippen molar-refractivity contribution in [2.45, 2.75) is 6.61 Å². The third-order valence-corrected chi connectivity index (χ3v) is 2.31. The Morgan fingerprint density at radius 3 is 2.61 bits per heavy atom. The molecule has 4 nitrogen and oxygen atoms in total. The average Bonchev–Trinajstić information content (AvgIpc) is 2.39. The topological polar surface area (TPSA) is 58.0 Å². The van der Waals surface area contributed by atoms with Crippen LogP contribution < -0.4 is 4.74 Å². The lowest BCUT2D eigenvalue weighted by atomic mass is 10.2. The van der Waals surface area contributed by atoms with E-state index in [1.807, 2.05) is 30.3 Å². The molecule has 5 heteroatoms. The number of halogens is 1. The lowest BCUT2D eigenvalue weighted by Crippen LogP contribution is -1.96. The molecule has 0 spiro atoms. The van der Waals surface area contributed by atoms with E-state index in [2.05, 4.69) is 10.0 Å². The molecule has 0 heterocycles. The van der Waals surface area contributed by atoms with Gasteiger partial charge in [-0.3, -0.25) is 0 Å². The van der Waals surface area contributed by atoms with E-state index in [9.17, 15) is 4.39 Å². The number of azide groups is 1. The summed E-state index contributed by atoms with van der Waals surface area (Å²) >= 11 is 0. The molecule has 0 saturated heterocycles. The van der Waals surface area contributed by atoms with Crippen molar-refractivity contribution in [3.05, 3.63) is 70.4 Å². The SMILES string of the molecule is [N-]=[N+]=Nc1ccc(OCc2ccccc2)c(F)c1. The maximum atomic E-state index is 13.6. The number of nitrogens with zero attached hydrogens (tertiary/aromatic N) is 3. The molecule has 0 amide bonds. The van der Waals surface area contributed by atoms with Gasteiger partial charge in [0.05, 0.1) is 0 Å². The van der Waals surface area contributed by atoms with Crippen LogP contribution in [0.15, 0.2) is 53.6 Å². The van der Waals surface area contributed by atoms with Crippen LogP contribution in [0, 0.1) is 5.82 Å². The molecule has 0 aliphatic carbocycles. The standard InChI is InChI=1S/C13H10FN3O/c14-12-8-11(16-17-15)6-7-13(12)18-9-10-4-2-1-3-5-10/h1-8H,9H2. The molecule has 0 bridgehead atoms. The number of ether oxygens (including phenoxy) is 1. The number of hydrogen-bond acceptors (Lipinski definition) is 2. The second-order valence-electron chi connectivity index (χ2n) is 3.58. The molecule has 2 aromatic rings. The van der Waals surface area contributed by atoms with Gasteiger partial charge in [-0.15, -0.1) is 0 Å². The van der Waals surface area contributed by atoms with Crippen LogP contribution in [0.25, 0.3) is 10.4 Å². The van der Waals surface area contributed by atoms with E-state index in [1.54, 1.807) is 0 Å². The van der Waals surface area contributed by atoms with Gasteiger partial charge in [-0.2, -0.15) is 0 Å². The van der Waals surface area contributed by atoms with Gasteiger partial charge >= 0.3 is 0 Å². The maximum absolute atomic E-state index is 13.6. The molecule has 0 aromatic heterocycles. The largest absolute Gasteiger partial charge is 0.486 e. The zero-order valence-electron chi connectivity index (χ0n) is 9.45. The quantitative estimate of drug-likeness (QED) is 0.447. The summed E-state index contributed by atoms with van der Waals surface area (Å²) in [5, 5.41) is 3.31. The second kappa shape index (κ2) is 5.70. The molecule has 2 aromatic carbocycles. The fraction of sp³-hybridized carbons (Fsp3) is 0.0769. The first-order chi connectivity index (χ1) is 8.79. The third kappa shape index (κ3) is 2.99. The molecule has 0 aliphatic rings. The summed E-state index contributed by atoms with van der Waals surface area (Å²) in [5.74, 6) is -0.411. The van der Waals surface area contributed by atoms with E-state index < -0.39 is 5.82 Å². The van der Waals surface area contributed by atoms with Crippen molar-refractivity contribution in [3.63, 3.8) is 0 Å². The molecular weight excluding hydrogens is 233 g/mol. The van der Waals surface area contributed by atoms with E-state index in [1.165, 1.54) is 12.1 Å². The summed E-state index contributed by atoms with van der Waals surface area (Å²) in [7, 11) is 0. The summed E-state index contributed by atoms with van der Waals surface area (Å²) in [6.07, 6.45) is 0. The van der Waals surface area contributed by atoms with Crippen LogP contribution >= 0.6 is 0 Å². The average molecular weight is 243 g/mol. The maximum Gasteiger partial charge on any atom is 0.165 e. The van der Waals surface area contributed by atoms with Gasteiger partial charge in [-0.25, -0.2) is 4.39 Å². The first kappa shape index (κ1) is 12.0. The highest BCUT2D eigenvalue weighted by Crippen LogP contribution is 2.23. The third-order valence-electron chi connectivity index (χ3n) is 2.31. The van der Waals surface area contributed by atoms with Gasteiger partial charge in [-0.05, 0) is 29.3 Å². The van der Waals surface area contributed by atoms with Crippen LogP contribution in [0.2, 0.25) is 0 Å².